The summed E-state index contributed by atoms with van der Waals surface area (Å²) in [6, 6.07) is 0. The molecule has 0 spiro atoms. The molecule has 2 aromatic heterocycles. The third-order valence-corrected chi connectivity index (χ3v) is 3.92. The second-order valence-corrected chi connectivity index (χ2v) is 5.47. The first-order chi connectivity index (χ1) is 8.08. The maximum absolute atomic E-state index is 10.5. The van der Waals surface area contributed by atoms with Gasteiger partial charge in [-0.2, -0.15) is 0 Å². The first-order valence-electron chi connectivity index (χ1n) is 4.74. The molecule has 2 aromatic rings. The van der Waals surface area contributed by atoms with E-state index in [0.29, 0.717) is 11.0 Å². The number of carboxylic acids is 1. The van der Waals surface area contributed by atoms with E-state index in [1.165, 1.54) is 11.3 Å². The molecular weight excluding hydrogens is 260 g/mol. The van der Waals surface area contributed by atoms with Crippen molar-refractivity contribution in [1.29, 1.82) is 0 Å². The maximum Gasteiger partial charge on any atom is 0.313 e. The van der Waals surface area contributed by atoms with Gasteiger partial charge in [0.15, 0.2) is 11.0 Å². The Balaban J connectivity index is 2.23. The van der Waals surface area contributed by atoms with E-state index in [4.69, 9.17) is 5.11 Å². The molecule has 6 nitrogen and oxygen atoms in total. The molecule has 2 heterocycles. The van der Waals surface area contributed by atoms with Crippen LogP contribution in [-0.4, -0.2) is 36.6 Å². The fourth-order valence-corrected chi connectivity index (χ4v) is 2.68. The predicted molar refractivity (Wildman–Crippen MR) is 65.2 cm³/mol. The molecule has 2 rings (SSSR count). The Morgan fingerprint density at radius 1 is 1.59 bits per heavy atom. The normalized spacial score (nSPS) is 10.7. The molecule has 0 saturated heterocycles. The summed E-state index contributed by atoms with van der Waals surface area (Å²) < 4.78 is 1.78. The SMILES string of the molecule is Cc1ncc(-c2nnc(SCC(=O)O)n2C)s1. The smallest absolute Gasteiger partial charge is 0.313 e. The van der Waals surface area contributed by atoms with Crippen molar-refractivity contribution in [3.8, 4) is 10.7 Å². The van der Waals surface area contributed by atoms with Gasteiger partial charge in [0.25, 0.3) is 0 Å². The lowest BCUT2D eigenvalue weighted by Crippen LogP contribution is -2.00. The van der Waals surface area contributed by atoms with Crippen LogP contribution < -0.4 is 0 Å². The van der Waals surface area contributed by atoms with Crippen molar-refractivity contribution in [2.75, 3.05) is 5.75 Å². The Labute approximate surface area is 106 Å². The van der Waals surface area contributed by atoms with Crippen LogP contribution >= 0.6 is 23.1 Å². The van der Waals surface area contributed by atoms with Gasteiger partial charge < -0.3 is 9.67 Å². The van der Waals surface area contributed by atoms with Gasteiger partial charge >= 0.3 is 5.97 Å². The molecule has 0 aliphatic carbocycles. The zero-order valence-corrected chi connectivity index (χ0v) is 10.9. The van der Waals surface area contributed by atoms with Crippen molar-refractivity contribution in [2.24, 2.45) is 7.05 Å². The van der Waals surface area contributed by atoms with Crippen molar-refractivity contribution < 1.29 is 9.90 Å². The van der Waals surface area contributed by atoms with E-state index in [1.54, 1.807) is 10.8 Å². The summed E-state index contributed by atoms with van der Waals surface area (Å²) in [4.78, 5) is 15.6. The minimum absolute atomic E-state index is 0.0201. The number of aryl methyl sites for hydroxylation is 1. The van der Waals surface area contributed by atoms with Crippen molar-refractivity contribution in [2.45, 2.75) is 12.1 Å². The van der Waals surface area contributed by atoms with E-state index < -0.39 is 5.97 Å². The molecule has 0 radical (unpaired) electrons. The molecule has 0 saturated carbocycles. The number of rotatable bonds is 4. The summed E-state index contributed by atoms with van der Waals surface area (Å²) in [6.07, 6.45) is 1.75. The van der Waals surface area contributed by atoms with Crippen LogP contribution in [-0.2, 0) is 11.8 Å². The fraction of sp³-hybridized carbons (Fsp3) is 0.333. The van der Waals surface area contributed by atoms with Crippen molar-refractivity contribution in [3.05, 3.63) is 11.2 Å². The summed E-state index contributed by atoms with van der Waals surface area (Å²) in [5.74, 6) is -0.176. The van der Waals surface area contributed by atoms with Gasteiger partial charge in [-0.1, -0.05) is 11.8 Å². The van der Waals surface area contributed by atoms with Crippen molar-refractivity contribution in [3.63, 3.8) is 0 Å². The Bertz CT molecular complexity index is 549. The first-order valence-corrected chi connectivity index (χ1v) is 6.55. The molecule has 17 heavy (non-hydrogen) atoms. The summed E-state index contributed by atoms with van der Waals surface area (Å²) in [6.45, 7) is 1.92. The molecule has 0 aliphatic heterocycles. The van der Waals surface area contributed by atoms with E-state index in [-0.39, 0.29) is 5.75 Å². The lowest BCUT2D eigenvalue weighted by atomic mass is 10.5. The molecule has 0 bridgehead atoms. The van der Waals surface area contributed by atoms with E-state index in [9.17, 15) is 4.79 Å². The van der Waals surface area contributed by atoms with Gasteiger partial charge in [0.2, 0.25) is 0 Å². The average Bonchev–Trinajstić information content (AvgIpc) is 2.82. The number of hydrogen-bond acceptors (Lipinski definition) is 6. The number of carbonyl (C=O) groups is 1. The number of aromatic nitrogens is 4. The van der Waals surface area contributed by atoms with Crippen LogP contribution in [0, 0.1) is 6.92 Å². The highest BCUT2D eigenvalue weighted by Gasteiger charge is 2.14. The number of thioether (sulfide) groups is 1. The molecule has 1 N–H and O–H groups in total. The molecular formula is C9H10N4O2S2. The summed E-state index contributed by atoms with van der Waals surface area (Å²) in [7, 11) is 1.81. The van der Waals surface area contributed by atoms with E-state index in [0.717, 1.165) is 21.6 Å². The Kier molecular flexibility index (Phi) is 3.43. The highest BCUT2D eigenvalue weighted by molar-refractivity contribution is 7.99. The van der Waals surface area contributed by atoms with Gasteiger partial charge in [0.1, 0.15) is 0 Å². The first kappa shape index (κ1) is 12.1. The average molecular weight is 270 g/mol. The van der Waals surface area contributed by atoms with E-state index in [2.05, 4.69) is 15.2 Å². The Morgan fingerprint density at radius 3 is 2.94 bits per heavy atom. The largest absolute Gasteiger partial charge is 0.481 e. The van der Waals surface area contributed by atoms with Crippen molar-refractivity contribution in [1.82, 2.24) is 19.7 Å². The third-order valence-electron chi connectivity index (χ3n) is 2.00. The molecule has 0 aliphatic rings. The van der Waals surface area contributed by atoms with Gasteiger partial charge in [-0.15, -0.1) is 21.5 Å². The fourth-order valence-electron chi connectivity index (χ4n) is 1.25. The van der Waals surface area contributed by atoms with Gasteiger partial charge in [-0.25, -0.2) is 4.98 Å². The van der Waals surface area contributed by atoms with Crippen molar-refractivity contribution >= 4 is 29.1 Å². The topological polar surface area (TPSA) is 80.9 Å². The van der Waals surface area contributed by atoms with E-state index >= 15 is 0 Å². The number of thiazole rings is 1. The number of carboxylic acid groups (broad SMARTS) is 1. The van der Waals surface area contributed by atoms with Gasteiger partial charge in [-0.3, -0.25) is 4.79 Å². The van der Waals surface area contributed by atoms with E-state index in [1.807, 2.05) is 14.0 Å². The maximum atomic E-state index is 10.5. The number of nitrogens with zero attached hydrogens (tertiary/aromatic N) is 4. The second kappa shape index (κ2) is 4.84. The lowest BCUT2D eigenvalue weighted by molar-refractivity contribution is -0.133. The molecule has 0 aromatic carbocycles. The molecule has 90 valence electrons. The Hall–Kier alpha value is -1.41. The third kappa shape index (κ3) is 2.64. The highest BCUT2D eigenvalue weighted by Crippen LogP contribution is 2.26. The second-order valence-electron chi connectivity index (χ2n) is 3.29. The molecule has 0 fully saturated rings. The molecule has 8 heteroatoms. The van der Waals surface area contributed by atoms with Crippen LogP contribution in [0.2, 0.25) is 0 Å². The quantitative estimate of drug-likeness (QED) is 0.846. The lowest BCUT2D eigenvalue weighted by Gasteiger charge is -1.99. The van der Waals surface area contributed by atoms with Gasteiger partial charge in [-0.05, 0) is 6.92 Å². The predicted octanol–water partition coefficient (Wildman–Crippen LogP) is 1.42. The summed E-state index contributed by atoms with van der Waals surface area (Å²) in [5.41, 5.74) is 0. The molecule has 0 unspecified atom stereocenters. The van der Waals surface area contributed by atoms with Gasteiger partial charge in [0, 0.05) is 13.2 Å². The van der Waals surface area contributed by atoms with Gasteiger partial charge in [0.05, 0.1) is 15.6 Å². The minimum Gasteiger partial charge on any atom is -0.481 e. The zero-order chi connectivity index (χ0) is 12.4. The number of aliphatic carboxylic acids is 1. The highest BCUT2D eigenvalue weighted by atomic mass is 32.2. The van der Waals surface area contributed by atoms with Crippen LogP contribution in [0.5, 0.6) is 0 Å². The van der Waals surface area contributed by atoms with Crippen LogP contribution in [0.3, 0.4) is 0 Å². The monoisotopic (exact) mass is 270 g/mol. The number of hydrogen-bond donors (Lipinski definition) is 1. The minimum atomic E-state index is -0.867. The summed E-state index contributed by atoms with van der Waals surface area (Å²) >= 11 is 2.68. The Morgan fingerprint density at radius 2 is 2.35 bits per heavy atom. The molecule has 0 amide bonds. The van der Waals surface area contributed by atoms with Crippen LogP contribution in [0.25, 0.3) is 10.7 Å². The summed E-state index contributed by atoms with van der Waals surface area (Å²) in [5, 5.41) is 18.2. The van der Waals surface area contributed by atoms with Crippen LogP contribution in [0.4, 0.5) is 0 Å². The zero-order valence-electron chi connectivity index (χ0n) is 9.25. The van der Waals surface area contributed by atoms with Crippen LogP contribution in [0.1, 0.15) is 5.01 Å². The molecule has 0 atom stereocenters. The standard InChI is InChI=1S/C9H10N4O2S2/c1-5-10-3-6(17-5)8-11-12-9(13(8)2)16-4-7(14)15/h3H,4H2,1-2H3,(H,14,15). The van der Waals surface area contributed by atoms with Crippen LogP contribution in [0.15, 0.2) is 11.4 Å².